The average Bonchev–Trinajstić information content (AvgIpc) is 3.12. The standard InChI is InChI=1S/C33H48/c1-5-7-9-11-13-15-22-33(21-14-12-10-8-6-2)23-20-29-30-24-25(3)16-18-27(30)28-19-17-26(4)32(33)31(28)29/h16-19,24,29H,5-15,20-23H2,1-4H3. The van der Waals surface area contributed by atoms with Gasteiger partial charge >= 0.3 is 0 Å². The Morgan fingerprint density at radius 1 is 0.727 bits per heavy atom. The van der Waals surface area contributed by atoms with Crippen LogP contribution >= 0.6 is 0 Å². The van der Waals surface area contributed by atoms with E-state index < -0.39 is 0 Å². The van der Waals surface area contributed by atoms with E-state index in [4.69, 9.17) is 0 Å². The number of unbranched alkanes of at least 4 members (excludes halogenated alkanes) is 9. The van der Waals surface area contributed by atoms with Crippen molar-refractivity contribution < 1.29 is 0 Å². The fraction of sp³-hybridized carbons (Fsp3) is 0.636. The van der Waals surface area contributed by atoms with E-state index >= 15 is 0 Å². The monoisotopic (exact) mass is 444 g/mol. The molecule has 33 heavy (non-hydrogen) atoms. The molecule has 0 heteroatoms. The largest absolute Gasteiger partial charge is 0.0654 e. The molecule has 0 N–H and O–H groups in total. The van der Waals surface area contributed by atoms with Crippen LogP contribution < -0.4 is 0 Å². The minimum Gasteiger partial charge on any atom is -0.0654 e. The Balaban J connectivity index is 1.63. The summed E-state index contributed by atoms with van der Waals surface area (Å²) in [6, 6.07) is 12.1. The molecule has 0 aromatic heterocycles. The lowest BCUT2D eigenvalue weighted by atomic mass is 9.61. The first-order valence-corrected chi connectivity index (χ1v) is 14.4. The lowest BCUT2D eigenvalue weighted by Gasteiger charge is -2.43. The van der Waals surface area contributed by atoms with Crippen molar-refractivity contribution >= 4 is 0 Å². The van der Waals surface area contributed by atoms with Crippen molar-refractivity contribution in [2.24, 2.45) is 0 Å². The normalized spacial score (nSPS) is 20.7. The zero-order valence-corrected chi connectivity index (χ0v) is 22.1. The molecule has 2 unspecified atom stereocenters. The summed E-state index contributed by atoms with van der Waals surface area (Å²) in [6.45, 7) is 9.33. The molecule has 2 aliphatic rings. The third kappa shape index (κ3) is 5.11. The van der Waals surface area contributed by atoms with Gasteiger partial charge in [-0.2, -0.15) is 0 Å². The molecule has 2 aliphatic carbocycles. The summed E-state index contributed by atoms with van der Waals surface area (Å²) in [5.41, 5.74) is 11.6. The van der Waals surface area contributed by atoms with Gasteiger partial charge in [-0.15, -0.1) is 0 Å². The van der Waals surface area contributed by atoms with Crippen molar-refractivity contribution in [2.45, 2.75) is 135 Å². The first-order chi connectivity index (χ1) is 16.1. The van der Waals surface area contributed by atoms with Crippen molar-refractivity contribution in [3.05, 3.63) is 58.1 Å². The number of rotatable bonds is 13. The van der Waals surface area contributed by atoms with Gasteiger partial charge in [0.2, 0.25) is 0 Å². The fourth-order valence-corrected chi connectivity index (χ4v) is 7.18. The van der Waals surface area contributed by atoms with Gasteiger partial charge in [0.05, 0.1) is 0 Å². The molecule has 2 aromatic rings. The maximum Gasteiger partial charge on any atom is 0.0105 e. The van der Waals surface area contributed by atoms with Crippen LogP contribution in [0.1, 0.15) is 144 Å². The molecule has 0 fully saturated rings. The summed E-state index contributed by atoms with van der Waals surface area (Å²) >= 11 is 0. The number of benzene rings is 2. The quantitative estimate of drug-likeness (QED) is 0.269. The average molecular weight is 445 g/mol. The Kier molecular flexibility index (Phi) is 8.37. The molecule has 0 bridgehead atoms. The summed E-state index contributed by atoms with van der Waals surface area (Å²) in [5.74, 6) is 0.641. The van der Waals surface area contributed by atoms with Gasteiger partial charge in [-0.1, -0.05) is 120 Å². The van der Waals surface area contributed by atoms with Crippen molar-refractivity contribution in [2.75, 3.05) is 0 Å². The molecule has 180 valence electrons. The van der Waals surface area contributed by atoms with Crippen LogP contribution in [0.3, 0.4) is 0 Å². The highest BCUT2D eigenvalue weighted by molar-refractivity contribution is 5.82. The van der Waals surface area contributed by atoms with Crippen molar-refractivity contribution in [1.82, 2.24) is 0 Å². The van der Waals surface area contributed by atoms with Gasteiger partial charge in [-0.05, 0) is 78.3 Å². The molecular weight excluding hydrogens is 396 g/mol. The zero-order valence-electron chi connectivity index (χ0n) is 22.1. The Hall–Kier alpha value is -1.56. The summed E-state index contributed by atoms with van der Waals surface area (Å²) in [7, 11) is 0. The molecule has 0 amide bonds. The van der Waals surface area contributed by atoms with Crippen LogP contribution in [0.5, 0.6) is 0 Å². The van der Waals surface area contributed by atoms with Crippen LogP contribution in [-0.2, 0) is 5.41 Å². The maximum absolute atomic E-state index is 2.49. The summed E-state index contributed by atoms with van der Waals surface area (Å²) in [5, 5.41) is 0. The van der Waals surface area contributed by atoms with Gasteiger partial charge in [-0.25, -0.2) is 0 Å². The van der Waals surface area contributed by atoms with Gasteiger partial charge < -0.3 is 0 Å². The van der Waals surface area contributed by atoms with Crippen LogP contribution in [0.15, 0.2) is 30.3 Å². The van der Waals surface area contributed by atoms with Crippen LogP contribution in [0.2, 0.25) is 0 Å². The molecule has 0 spiro atoms. The van der Waals surface area contributed by atoms with E-state index in [1.165, 1.54) is 107 Å². The SMILES string of the molecule is CCCCCCCCC1(CCCCCCC)CCC2c3cc(C)ccc3-c3ccc(C)c1c32. The number of fused-ring (bicyclic) bond motifs is 3. The Labute approximate surface area is 204 Å². The molecule has 2 aromatic carbocycles. The maximum atomic E-state index is 2.49. The van der Waals surface area contributed by atoms with Gasteiger partial charge in [0.1, 0.15) is 0 Å². The second-order valence-electron chi connectivity index (χ2n) is 11.4. The smallest absolute Gasteiger partial charge is 0.0105 e. The van der Waals surface area contributed by atoms with Gasteiger partial charge in [0.25, 0.3) is 0 Å². The molecule has 0 saturated carbocycles. The van der Waals surface area contributed by atoms with Crippen molar-refractivity contribution in [3.8, 4) is 11.1 Å². The Morgan fingerprint density at radius 3 is 2.00 bits per heavy atom. The van der Waals surface area contributed by atoms with Crippen LogP contribution in [0.4, 0.5) is 0 Å². The lowest BCUT2D eigenvalue weighted by molar-refractivity contribution is 0.280. The molecule has 0 heterocycles. The highest BCUT2D eigenvalue weighted by Gasteiger charge is 2.44. The highest BCUT2D eigenvalue weighted by atomic mass is 14.5. The Morgan fingerprint density at radius 2 is 1.33 bits per heavy atom. The second-order valence-corrected chi connectivity index (χ2v) is 11.4. The van der Waals surface area contributed by atoms with E-state index in [1.54, 1.807) is 27.8 Å². The minimum absolute atomic E-state index is 0.417. The fourth-order valence-electron chi connectivity index (χ4n) is 7.18. The van der Waals surface area contributed by atoms with E-state index in [0.717, 1.165) is 0 Å². The predicted octanol–water partition coefficient (Wildman–Crippen LogP) is 10.6. The summed E-state index contributed by atoms with van der Waals surface area (Å²) in [4.78, 5) is 0. The Bertz CT molecular complexity index is 920. The number of hydrogen-bond donors (Lipinski definition) is 0. The topological polar surface area (TPSA) is 0 Å². The predicted molar refractivity (Wildman–Crippen MR) is 145 cm³/mol. The lowest BCUT2D eigenvalue weighted by Crippen LogP contribution is -2.33. The van der Waals surface area contributed by atoms with Crippen molar-refractivity contribution in [3.63, 3.8) is 0 Å². The number of hydrogen-bond acceptors (Lipinski definition) is 0. The summed E-state index contributed by atoms with van der Waals surface area (Å²) < 4.78 is 0. The first-order valence-electron chi connectivity index (χ1n) is 14.4. The summed E-state index contributed by atoms with van der Waals surface area (Å²) in [6.07, 6.45) is 21.0. The molecule has 0 nitrogen and oxygen atoms in total. The first kappa shape index (κ1) is 24.6. The van der Waals surface area contributed by atoms with E-state index in [1.807, 2.05) is 0 Å². The molecule has 0 radical (unpaired) electrons. The molecular formula is C33H48. The van der Waals surface area contributed by atoms with Crippen LogP contribution in [-0.4, -0.2) is 0 Å². The van der Waals surface area contributed by atoms with E-state index in [2.05, 4.69) is 58.0 Å². The minimum atomic E-state index is 0.417. The van der Waals surface area contributed by atoms with E-state index in [9.17, 15) is 0 Å². The zero-order chi connectivity index (χ0) is 23.3. The van der Waals surface area contributed by atoms with E-state index in [-0.39, 0.29) is 0 Å². The third-order valence-electron chi connectivity index (χ3n) is 8.88. The third-order valence-corrected chi connectivity index (χ3v) is 8.88. The molecule has 4 rings (SSSR count). The second kappa shape index (κ2) is 11.2. The van der Waals surface area contributed by atoms with E-state index in [0.29, 0.717) is 11.3 Å². The molecule has 0 aliphatic heterocycles. The van der Waals surface area contributed by atoms with Crippen LogP contribution in [0.25, 0.3) is 11.1 Å². The van der Waals surface area contributed by atoms with Crippen LogP contribution in [0, 0.1) is 13.8 Å². The van der Waals surface area contributed by atoms with Gasteiger partial charge in [0, 0.05) is 5.92 Å². The van der Waals surface area contributed by atoms with Gasteiger partial charge in [0.15, 0.2) is 0 Å². The highest BCUT2D eigenvalue weighted by Crippen LogP contribution is 2.58. The van der Waals surface area contributed by atoms with Crippen molar-refractivity contribution in [1.29, 1.82) is 0 Å². The molecule has 2 atom stereocenters. The van der Waals surface area contributed by atoms with Gasteiger partial charge in [-0.3, -0.25) is 0 Å². The number of aryl methyl sites for hydroxylation is 2. The molecule has 0 saturated heterocycles.